The Kier molecular flexibility index (Phi) is 7.33. The fourth-order valence-electron chi connectivity index (χ4n) is 2.58. The maximum absolute atomic E-state index is 5.46. The number of hydrogen-bond donors (Lipinski definition) is 1. The van der Waals surface area contributed by atoms with Crippen molar-refractivity contribution in [2.75, 3.05) is 39.4 Å². The van der Waals surface area contributed by atoms with Crippen molar-refractivity contribution in [1.29, 1.82) is 0 Å². The Bertz CT molecular complexity index is 229. The maximum Gasteiger partial charge on any atom is 0.0594 e. The van der Waals surface area contributed by atoms with E-state index in [0.29, 0.717) is 11.5 Å². The lowest BCUT2D eigenvalue weighted by molar-refractivity contribution is 0.0123. The summed E-state index contributed by atoms with van der Waals surface area (Å²) in [4.78, 5) is 2.60. The monoisotopic (exact) mass is 270 g/mol. The van der Waals surface area contributed by atoms with Crippen molar-refractivity contribution < 1.29 is 4.74 Å². The van der Waals surface area contributed by atoms with E-state index in [-0.39, 0.29) is 0 Å². The minimum Gasteiger partial charge on any atom is -0.379 e. The highest BCUT2D eigenvalue weighted by Crippen LogP contribution is 2.17. The van der Waals surface area contributed by atoms with E-state index in [1.807, 2.05) is 0 Å². The molecule has 3 nitrogen and oxygen atoms in total. The minimum absolute atomic E-state index is 0.430. The molecule has 114 valence electrons. The molecule has 1 rings (SSSR count). The third-order valence-corrected chi connectivity index (χ3v) is 3.74. The van der Waals surface area contributed by atoms with Crippen LogP contribution in [-0.4, -0.2) is 50.3 Å². The Balaban J connectivity index is 2.32. The molecule has 0 aromatic heterocycles. The van der Waals surface area contributed by atoms with E-state index in [1.165, 1.54) is 12.8 Å². The number of rotatable bonds is 7. The van der Waals surface area contributed by atoms with Crippen LogP contribution in [0.4, 0.5) is 0 Å². The number of ether oxygens (including phenoxy) is 1. The van der Waals surface area contributed by atoms with Crippen LogP contribution in [0.15, 0.2) is 0 Å². The molecule has 1 unspecified atom stereocenters. The molecule has 0 saturated carbocycles. The highest BCUT2D eigenvalue weighted by molar-refractivity contribution is 4.77. The van der Waals surface area contributed by atoms with Gasteiger partial charge in [0.05, 0.1) is 13.2 Å². The molecule has 0 bridgehead atoms. The normalized spacial score (nSPS) is 19.9. The van der Waals surface area contributed by atoms with Crippen molar-refractivity contribution in [3.05, 3.63) is 0 Å². The molecule has 1 fully saturated rings. The molecule has 0 aromatic carbocycles. The van der Waals surface area contributed by atoms with Crippen molar-refractivity contribution in [1.82, 2.24) is 10.2 Å². The molecule has 1 aliphatic rings. The first kappa shape index (κ1) is 16.9. The molecule has 1 N–H and O–H groups in total. The number of nitrogens with zero attached hydrogens (tertiary/aromatic N) is 1. The fraction of sp³-hybridized carbons (Fsp3) is 1.00. The molecule has 1 saturated heterocycles. The smallest absolute Gasteiger partial charge is 0.0594 e. The predicted molar refractivity (Wildman–Crippen MR) is 82.6 cm³/mol. The van der Waals surface area contributed by atoms with Crippen LogP contribution in [0, 0.1) is 11.3 Å². The van der Waals surface area contributed by atoms with Gasteiger partial charge in [-0.3, -0.25) is 4.90 Å². The van der Waals surface area contributed by atoms with Crippen LogP contribution in [0.2, 0.25) is 0 Å². The molecule has 19 heavy (non-hydrogen) atoms. The Hall–Kier alpha value is -0.120. The summed E-state index contributed by atoms with van der Waals surface area (Å²) < 4.78 is 5.46. The summed E-state index contributed by atoms with van der Waals surface area (Å²) in [5, 5.41) is 3.66. The van der Waals surface area contributed by atoms with Crippen LogP contribution >= 0.6 is 0 Å². The topological polar surface area (TPSA) is 24.5 Å². The largest absolute Gasteiger partial charge is 0.379 e. The van der Waals surface area contributed by atoms with Gasteiger partial charge in [-0.1, -0.05) is 34.6 Å². The molecule has 1 atom stereocenters. The van der Waals surface area contributed by atoms with Gasteiger partial charge in [0.25, 0.3) is 0 Å². The van der Waals surface area contributed by atoms with Crippen molar-refractivity contribution in [3.63, 3.8) is 0 Å². The van der Waals surface area contributed by atoms with Gasteiger partial charge in [0.2, 0.25) is 0 Å². The van der Waals surface area contributed by atoms with Gasteiger partial charge in [0, 0.05) is 25.7 Å². The number of nitrogens with one attached hydrogen (secondary N) is 1. The molecular formula is C16H34N2O. The lowest BCUT2D eigenvalue weighted by Gasteiger charge is -2.35. The molecule has 1 aliphatic heterocycles. The van der Waals surface area contributed by atoms with E-state index in [0.717, 1.165) is 45.3 Å². The van der Waals surface area contributed by atoms with Crippen LogP contribution < -0.4 is 5.32 Å². The Labute approximate surface area is 120 Å². The van der Waals surface area contributed by atoms with Gasteiger partial charge in [-0.15, -0.1) is 0 Å². The van der Waals surface area contributed by atoms with E-state index >= 15 is 0 Å². The first-order valence-corrected chi connectivity index (χ1v) is 7.91. The summed E-state index contributed by atoms with van der Waals surface area (Å²) in [6.07, 6.45) is 2.52. The quantitative estimate of drug-likeness (QED) is 0.720. The predicted octanol–water partition coefficient (Wildman–Crippen LogP) is 2.76. The first-order valence-electron chi connectivity index (χ1n) is 7.91. The molecule has 0 aliphatic carbocycles. The highest BCUT2D eigenvalue weighted by atomic mass is 16.5. The SMILES string of the molecule is CC(C)CC(CNCCC(C)(C)C)N1CCOCC1. The molecule has 0 aromatic rings. The average molecular weight is 270 g/mol. The van der Waals surface area contributed by atoms with Crippen LogP contribution in [0.3, 0.4) is 0 Å². The summed E-state index contributed by atoms with van der Waals surface area (Å²) in [5.41, 5.74) is 0.430. The number of hydrogen-bond acceptors (Lipinski definition) is 3. The van der Waals surface area contributed by atoms with Gasteiger partial charge in [-0.05, 0) is 30.7 Å². The second kappa shape index (κ2) is 8.23. The zero-order chi connectivity index (χ0) is 14.3. The zero-order valence-electron chi connectivity index (χ0n) is 13.7. The number of morpholine rings is 1. The van der Waals surface area contributed by atoms with Crippen molar-refractivity contribution in [2.45, 2.75) is 53.5 Å². The third kappa shape index (κ3) is 7.91. The summed E-state index contributed by atoms with van der Waals surface area (Å²) >= 11 is 0. The van der Waals surface area contributed by atoms with Gasteiger partial charge in [-0.25, -0.2) is 0 Å². The summed E-state index contributed by atoms with van der Waals surface area (Å²) in [6.45, 7) is 17.8. The first-order chi connectivity index (χ1) is 8.88. The van der Waals surface area contributed by atoms with Crippen LogP contribution in [-0.2, 0) is 4.74 Å². The van der Waals surface area contributed by atoms with Crippen molar-refractivity contribution in [2.24, 2.45) is 11.3 Å². The van der Waals surface area contributed by atoms with Gasteiger partial charge in [0.1, 0.15) is 0 Å². The molecule has 0 spiro atoms. The Morgan fingerprint density at radius 2 is 1.79 bits per heavy atom. The van der Waals surface area contributed by atoms with E-state index in [1.54, 1.807) is 0 Å². The molecule has 1 heterocycles. The van der Waals surface area contributed by atoms with Crippen LogP contribution in [0.25, 0.3) is 0 Å². The molecule has 0 amide bonds. The zero-order valence-corrected chi connectivity index (χ0v) is 13.7. The van der Waals surface area contributed by atoms with Gasteiger partial charge in [-0.2, -0.15) is 0 Å². The van der Waals surface area contributed by atoms with Crippen LogP contribution in [0.5, 0.6) is 0 Å². The second-order valence-electron chi connectivity index (χ2n) is 7.45. The fourth-order valence-corrected chi connectivity index (χ4v) is 2.58. The molecule has 3 heteroatoms. The van der Waals surface area contributed by atoms with Crippen molar-refractivity contribution in [3.8, 4) is 0 Å². The summed E-state index contributed by atoms with van der Waals surface area (Å²) in [7, 11) is 0. The standard InChI is InChI=1S/C16H34N2O/c1-14(2)12-15(18-8-10-19-11-9-18)13-17-7-6-16(3,4)5/h14-15,17H,6-13H2,1-5H3. The van der Waals surface area contributed by atoms with Gasteiger partial charge >= 0.3 is 0 Å². The maximum atomic E-state index is 5.46. The minimum atomic E-state index is 0.430. The Morgan fingerprint density at radius 1 is 1.16 bits per heavy atom. The van der Waals surface area contributed by atoms with Gasteiger partial charge < -0.3 is 10.1 Å². The van der Waals surface area contributed by atoms with E-state index in [2.05, 4.69) is 44.8 Å². The van der Waals surface area contributed by atoms with E-state index in [9.17, 15) is 0 Å². The molecule has 0 radical (unpaired) electrons. The average Bonchev–Trinajstić information content (AvgIpc) is 2.32. The van der Waals surface area contributed by atoms with Crippen molar-refractivity contribution >= 4 is 0 Å². The summed E-state index contributed by atoms with van der Waals surface area (Å²) in [6, 6.07) is 0.670. The van der Waals surface area contributed by atoms with Gasteiger partial charge in [0.15, 0.2) is 0 Å². The third-order valence-electron chi connectivity index (χ3n) is 3.74. The van der Waals surface area contributed by atoms with Crippen LogP contribution in [0.1, 0.15) is 47.5 Å². The lowest BCUT2D eigenvalue weighted by atomic mass is 9.92. The molecular weight excluding hydrogens is 236 g/mol. The lowest BCUT2D eigenvalue weighted by Crippen LogP contribution is -2.48. The summed E-state index contributed by atoms with van der Waals surface area (Å²) in [5.74, 6) is 0.761. The highest BCUT2D eigenvalue weighted by Gasteiger charge is 2.21. The van der Waals surface area contributed by atoms with E-state index < -0.39 is 0 Å². The Morgan fingerprint density at radius 3 is 2.32 bits per heavy atom. The van der Waals surface area contributed by atoms with E-state index in [4.69, 9.17) is 4.74 Å². The second-order valence-corrected chi connectivity index (χ2v) is 7.45.